The Balaban J connectivity index is 1.62. The third-order valence-corrected chi connectivity index (χ3v) is 5.33. The molecule has 1 aliphatic heterocycles. The molecule has 0 spiro atoms. The summed E-state index contributed by atoms with van der Waals surface area (Å²) in [7, 11) is 0. The predicted octanol–water partition coefficient (Wildman–Crippen LogP) is 3.28. The number of aromatic nitrogens is 2. The summed E-state index contributed by atoms with van der Waals surface area (Å²) in [6, 6.07) is 4.29. The quantitative estimate of drug-likeness (QED) is 0.858. The van der Waals surface area contributed by atoms with Gasteiger partial charge in [0.25, 0.3) is 0 Å². The van der Waals surface area contributed by atoms with E-state index in [0.29, 0.717) is 24.1 Å². The molecule has 138 valence electrons. The molecule has 2 aliphatic rings. The number of anilines is 3. The Morgan fingerprint density at radius 2 is 2.27 bits per heavy atom. The summed E-state index contributed by atoms with van der Waals surface area (Å²) < 4.78 is 13.0. The van der Waals surface area contributed by atoms with Crippen molar-refractivity contribution in [2.75, 3.05) is 22.5 Å². The monoisotopic (exact) mass is 357 g/mol. The second-order valence-corrected chi connectivity index (χ2v) is 7.28. The van der Waals surface area contributed by atoms with Crippen LogP contribution in [-0.2, 0) is 4.79 Å². The molecule has 1 saturated carbocycles. The molecule has 0 aromatic carbocycles. The van der Waals surface area contributed by atoms with Gasteiger partial charge in [0, 0.05) is 24.2 Å². The molecule has 1 aliphatic carbocycles. The Bertz CT molecular complexity index is 842. The minimum absolute atomic E-state index is 0.300. The van der Waals surface area contributed by atoms with Gasteiger partial charge >= 0.3 is 0 Å². The van der Waals surface area contributed by atoms with E-state index >= 15 is 0 Å². The maximum atomic E-state index is 13.0. The highest BCUT2D eigenvalue weighted by Crippen LogP contribution is 2.35. The molecule has 1 saturated heterocycles. The first-order valence-corrected chi connectivity index (χ1v) is 9.34. The lowest BCUT2D eigenvalue weighted by Gasteiger charge is -2.26. The van der Waals surface area contributed by atoms with E-state index in [0.717, 1.165) is 42.4 Å². The van der Waals surface area contributed by atoms with Crippen LogP contribution in [0.25, 0.3) is 10.8 Å². The van der Waals surface area contributed by atoms with Crippen LogP contribution in [0.15, 0.2) is 18.3 Å². The summed E-state index contributed by atoms with van der Waals surface area (Å²) in [6.07, 6.45) is 5.51. The van der Waals surface area contributed by atoms with Crippen LogP contribution in [0.1, 0.15) is 39.0 Å². The first kappa shape index (κ1) is 17.0. The maximum Gasteiger partial charge on any atom is 0.231 e. The molecule has 7 heteroatoms. The Labute approximate surface area is 152 Å². The molecule has 1 amide bonds. The molecule has 26 heavy (non-hydrogen) atoms. The standard InChI is InChI=1S/C19H24FN5O/c1-2-4-12-5-3-6-25(12)17-8-11-7-16(22-10-14(11)18(21)24-17)23-19(26)13-9-15(13)20/h7-8,10,12-13,15H,2-6,9H2,1H3,(H2,21,24)(H,22,23,26)/t12-,13+,15-/m0/s1. The Hall–Kier alpha value is -2.44. The number of hydrogen-bond acceptors (Lipinski definition) is 5. The number of fused-ring (bicyclic) bond motifs is 1. The van der Waals surface area contributed by atoms with E-state index in [9.17, 15) is 9.18 Å². The van der Waals surface area contributed by atoms with Crippen LogP contribution >= 0.6 is 0 Å². The molecule has 3 heterocycles. The van der Waals surface area contributed by atoms with Crippen molar-refractivity contribution in [1.29, 1.82) is 0 Å². The lowest BCUT2D eigenvalue weighted by Crippen LogP contribution is -2.29. The zero-order valence-corrected chi connectivity index (χ0v) is 14.9. The van der Waals surface area contributed by atoms with Crippen molar-refractivity contribution in [3.8, 4) is 0 Å². The van der Waals surface area contributed by atoms with Crippen molar-refractivity contribution in [3.05, 3.63) is 18.3 Å². The number of carbonyl (C=O) groups is 1. The second-order valence-electron chi connectivity index (χ2n) is 7.28. The van der Waals surface area contributed by atoms with Crippen LogP contribution in [0.3, 0.4) is 0 Å². The Morgan fingerprint density at radius 3 is 3.00 bits per heavy atom. The zero-order valence-electron chi connectivity index (χ0n) is 14.9. The smallest absolute Gasteiger partial charge is 0.231 e. The third kappa shape index (κ3) is 3.18. The van der Waals surface area contributed by atoms with E-state index in [2.05, 4.69) is 27.1 Å². The molecule has 0 unspecified atom stereocenters. The average molecular weight is 357 g/mol. The number of nitrogens with one attached hydrogen (secondary N) is 1. The lowest BCUT2D eigenvalue weighted by molar-refractivity contribution is -0.117. The number of amides is 1. The van der Waals surface area contributed by atoms with E-state index < -0.39 is 12.1 Å². The summed E-state index contributed by atoms with van der Waals surface area (Å²) in [5.41, 5.74) is 6.16. The summed E-state index contributed by atoms with van der Waals surface area (Å²) in [4.78, 5) is 23.1. The molecular formula is C19H24FN5O. The van der Waals surface area contributed by atoms with E-state index in [1.807, 2.05) is 6.07 Å². The van der Waals surface area contributed by atoms with Crippen LogP contribution in [0, 0.1) is 5.92 Å². The predicted molar refractivity (Wildman–Crippen MR) is 101 cm³/mol. The number of nitrogens with two attached hydrogens (primary N) is 1. The van der Waals surface area contributed by atoms with Crippen molar-refractivity contribution in [3.63, 3.8) is 0 Å². The molecule has 3 atom stereocenters. The topological polar surface area (TPSA) is 84.1 Å². The van der Waals surface area contributed by atoms with Gasteiger partial charge in [-0.15, -0.1) is 0 Å². The number of halogens is 1. The number of alkyl halides is 1. The molecule has 0 radical (unpaired) electrons. The Kier molecular flexibility index (Phi) is 4.38. The number of nitrogens with zero attached hydrogens (tertiary/aromatic N) is 3. The third-order valence-electron chi connectivity index (χ3n) is 5.33. The molecule has 6 nitrogen and oxygen atoms in total. The van der Waals surface area contributed by atoms with Gasteiger partial charge < -0.3 is 16.0 Å². The van der Waals surface area contributed by atoms with Crippen LogP contribution in [0.5, 0.6) is 0 Å². The number of nitrogen functional groups attached to an aromatic ring is 1. The van der Waals surface area contributed by atoms with E-state index in [1.165, 1.54) is 6.42 Å². The van der Waals surface area contributed by atoms with Crippen molar-refractivity contribution < 1.29 is 9.18 Å². The van der Waals surface area contributed by atoms with Gasteiger partial charge in [0.05, 0.1) is 5.92 Å². The SMILES string of the molecule is CCC[C@H]1CCCN1c1cc2cc(NC(=O)[C@@H]3C[C@@H]3F)ncc2c(N)n1. The van der Waals surface area contributed by atoms with Gasteiger partial charge in [-0.1, -0.05) is 13.3 Å². The largest absolute Gasteiger partial charge is 0.383 e. The highest BCUT2D eigenvalue weighted by Gasteiger charge is 2.43. The molecule has 4 rings (SSSR count). The molecule has 2 aromatic heterocycles. The molecule has 0 bridgehead atoms. The highest BCUT2D eigenvalue weighted by molar-refractivity contribution is 5.98. The Morgan fingerprint density at radius 1 is 1.46 bits per heavy atom. The molecule has 2 fully saturated rings. The van der Waals surface area contributed by atoms with Crippen molar-refractivity contribution in [2.24, 2.45) is 5.92 Å². The van der Waals surface area contributed by atoms with E-state index in [1.54, 1.807) is 12.3 Å². The molecular weight excluding hydrogens is 333 g/mol. The van der Waals surface area contributed by atoms with Gasteiger partial charge in [-0.3, -0.25) is 4.79 Å². The van der Waals surface area contributed by atoms with Crippen LogP contribution in [0.2, 0.25) is 0 Å². The number of hydrogen-bond donors (Lipinski definition) is 2. The number of carbonyl (C=O) groups excluding carboxylic acids is 1. The van der Waals surface area contributed by atoms with Gasteiger partial charge in [-0.2, -0.15) is 0 Å². The first-order valence-electron chi connectivity index (χ1n) is 9.34. The van der Waals surface area contributed by atoms with Gasteiger partial charge in [0.2, 0.25) is 5.91 Å². The number of pyridine rings is 2. The molecule has 3 N–H and O–H groups in total. The minimum Gasteiger partial charge on any atom is -0.383 e. The maximum absolute atomic E-state index is 13.0. The van der Waals surface area contributed by atoms with Gasteiger partial charge in [0.1, 0.15) is 23.6 Å². The minimum atomic E-state index is -1.02. The fourth-order valence-electron chi connectivity index (χ4n) is 3.80. The number of rotatable bonds is 5. The fourth-order valence-corrected chi connectivity index (χ4v) is 3.80. The van der Waals surface area contributed by atoms with Crippen LogP contribution < -0.4 is 16.0 Å². The fraction of sp³-hybridized carbons (Fsp3) is 0.526. The van der Waals surface area contributed by atoms with Crippen molar-refractivity contribution >= 4 is 34.1 Å². The zero-order chi connectivity index (χ0) is 18.3. The highest BCUT2D eigenvalue weighted by atomic mass is 19.1. The molecule has 2 aromatic rings. The lowest BCUT2D eigenvalue weighted by atomic mass is 10.1. The first-order chi connectivity index (χ1) is 12.6. The summed E-state index contributed by atoms with van der Waals surface area (Å²) in [6.45, 7) is 3.18. The summed E-state index contributed by atoms with van der Waals surface area (Å²) in [5, 5.41) is 4.34. The second kappa shape index (κ2) is 6.70. The van der Waals surface area contributed by atoms with Crippen LogP contribution in [0.4, 0.5) is 21.8 Å². The van der Waals surface area contributed by atoms with Crippen molar-refractivity contribution in [1.82, 2.24) is 9.97 Å². The van der Waals surface area contributed by atoms with Crippen LogP contribution in [-0.4, -0.2) is 34.6 Å². The van der Waals surface area contributed by atoms with E-state index in [-0.39, 0.29) is 5.91 Å². The van der Waals surface area contributed by atoms with E-state index in [4.69, 9.17) is 5.73 Å². The summed E-state index contributed by atoms with van der Waals surface area (Å²) >= 11 is 0. The normalized spacial score (nSPS) is 24.8. The van der Waals surface area contributed by atoms with Crippen molar-refractivity contribution in [2.45, 2.75) is 51.2 Å². The van der Waals surface area contributed by atoms with Gasteiger partial charge in [-0.25, -0.2) is 14.4 Å². The van der Waals surface area contributed by atoms with Gasteiger partial charge in [-0.05, 0) is 43.2 Å². The van der Waals surface area contributed by atoms with Gasteiger partial charge in [0.15, 0.2) is 0 Å². The summed E-state index contributed by atoms with van der Waals surface area (Å²) in [5.74, 6) is 0.889. The average Bonchev–Trinajstić information content (AvgIpc) is 3.16.